The first-order chi connectivity index (χ1) is 9.60. The molecule has 0 spiro atoms. The molecule has 1 saturated heterocycles. The largest absolute Gasteiger partial charge is 0.396 e. The third-order valence-electron chi connectivity index (χ3n) is 5.04. The Bertz CT molecular complexity index is 420. The van der Waals surface area contributed by atoms with Gasteiger partial charge >= 0.3 is 0 Å². The van der Waals surface area contributed by atoms with E-state index in [2.05, 4.69) is 4.72 Å². The Balaban J connectivity index is 1.54. The predicted octanol–water partition coefficient (Wildman–Crippen LogP) is 0.961. The molecule has 0 amide bonds. The minimum Gasteiger partial charge on any atom is -0.396 e. The van der Waals surface area contributed by atoms with Gasteiger partial charge in [-0.3, -0.25) is 0 Å². The maximum Gasteiger partial charge on any atom is 0.279 e. The van der Waals surface area contributed by atoms with Crippen LogP contribution >= 0.6 is 0 Å². The van der Waals surface area contributed by atoms with Crippen molar-refractivity contribution < 1.29 is 13.5 Å². The average Bonchev–Trinajstić information content (AvgIpc) is 3.32. The number of aliphatic hydroxyl groups is 1. The van der Waals surface area contributed by atoms with E-state index in [0.29, 0.717) is 25.6 Å². The Morgan fingerprint density at radius 3 is 2.35 bits per heavy atom. The normalized spacial score (nSPS) is 29.0. The van der Waals surface area contributed by atoms with Crippen molar-refractivity contribution in [3.63, 3.8) is 0 Å². The molecule has 1 heterocycles. The summed E-state index contributed by atoms with van der Waals surface area (Å²) in [6.45, 7) is 1.74. The summed E-state index contributed by atoms with van der Waals surface area (Å²) in [7, 11) is -3.36. The third kappa shape index (κ3) is 3.53. The lowest BCUT2D eigenvalue weighted by Gasteiger charge is -2.31. The van der Waals surface area contributed by atoms with Crippen LogP contribution in [0.25, 0.3) is 0 Å². The molecule has 20 heavy (non-hydrogen) atoms. The lowest BCUT2D eigenvalue weighted by molar-refractivity contribution is 0.164. The van der Waals surface area contributed by atoms with E-state index in [1.54, 1.807) is 0 Å². The van der Waals surface area contributed by atoms with E-state index < -0.39 is 10.2 Å². The lowest BCUT2D eigenvalue weighted by Crippen LogP contribution is -2.47. The van der Waals surface area contributed by atoms with Gasteiger partial charge in [0.05, 0.1) is 0 Å². The summed E-state index contributed by atoms with van der Waals surface area (Å²) < 4.78 is 29.1. The van der Waals surface area contributed by atoms with E-state index in [1.807, 2.05) is 0 Å². The number of hydrogen-bond donors (Lipinski definition) is 2. The number of piperidine rings is 1. The molecule has 1 aliphatic heterocycles. The van der Waals surface area contributed by atoms with Crippen LogP contribution in [0.15, 0.2) is 0 Å². The van der Waals surface area contributed by atoms with Gasteiger partial charge in [0.2, 0.25) is 0 Å². The van der Waals surface area contributed by atoms with Gasteiger partial charge in [0.25, 0.3) is 10.2 Å². The first-order valence-corrected chi connectivity index (χ1v) is 9.39. The molecule has 1 atom stereocenters. The maximum absolute atomic E-state index is 12.4. The number of aliphatic hydroxyl groups excluding tert-OH is 1. The summed E-state index contributed by atoms with van der Waals surface area (Å²) in [5, 5.41) is 9.21. The van der Waals surface area contributed by atoms with Crippen molar-refractivity contribution in [2.45, 2.75) is 38.5 Å². The molecule has 6 heteroatoms. The smallest absolute Gasteiger partial charge is 0.279 e. The summed E-state index contributed by atoms with van der Waals surface area (Å²) in [5.74, 6) is 2.18. The topological polar surface area (TPSA) is 69.6 Å². The van der Waals surface area contributed by atoms with Crippen molar-refractivity contribution in [1.29, 1.82) is 0 Å². The van der Waals surface area contributed by atoms with Crippen LogP contribution < -0.4 is 4.72 Å². The summed E-state index contributed by atoms with van der Waals surface area (Å²) in [5.41, 5.74) is 0. The Morgan fingerprint density at radius 1 is 1.15 bits per heavy atom. The molecule has 0 aromatic carbocycles. The van der Waals surface area contributed by atoms with Crippen LogP contribution in [0, 0.1) is 23.7 Å². The van der Waals surface area contributed by atoms with Gasteiger partial charge < -0.3 is 5.11 Å². The van der Waals surface area contributed by atoms with Crippen molar-refractivity contribution >= 4 is 10.2 Å². The highest BCUT2D eigenvalue weighted by atomic mass is 32.2. The highest BCUT2D eigenvalue weighted by molar-refractivity contribution is 7.87. The molecule has 2 aliphatic carbocycles. The Hall–Kier alpha value is -0.170. The molecule has 0 radical (unpaired) electrons. The highest BCUT2D eigenvalue weighted by Gasteiger charge is 2.42. The Labute approximate surface area is 121 Å². The minimum atomic E-state index is -3.36. The van der Waals surface area contributed by atoms with Crippen molar-refractivity contribution in [2.75, 3.05) is 26.2 Å². The SMILES string of the molecule is O=S(=O)(NCC(C1CC1)C1CC1)N1CCCC(CO)C1. The van der Waals surface area contributed by atoms with Crippen LogP contribution in [0.3, 0.4) is 0 Å². The van der Waals surface area contributed by atoms with E-state index >= 15 is 0 Å². The van der Waals surface area contributed by atoms with Crippen molar-refractivity contribution in [1.82, 2.24) is 9.03 Å². The molecule has 116 valence electrons. The van der Waals surface area contributed by atoms with Crippen LogP contribution in [-0.4, -0.2) is 44.1 Å². The predicted molar refractivity (Wildman–Crippen MR) is 77.2 cm³/mol. The molecule has 0 bridgehead atoms. The third-order valence-corrected chi connectivity index (χ3v) is 6.58. The zero-order valence-corrected chi connectivity index (χ0v) is 12.8. The van der Waals surface area contributed by atoms with Gasteiger partial charge in [-0.15, -0.1) is 0 Å². The lowest BCUT2D eigenvalue weighted by atomic mass is 9.99. The fourth-order valence-electron chi connectivity index (χ4n) is 3.45. The average molecular weight is 302 g/mol. The molecule has 1 unspecified atom stereocenters. The molecule has 2 N–H and O–H groups in total. The van der Waals surface area contributed by atoms with Crippen LogP contribution in [-0.2, 0) is 10.2 Å². The quantitative estimate of drug-likeness (QED) is 0.736. The van der Waals surface area contributed by atoms with Crippen LogP contribution in [0.4, 0.5) is 0 Å². The molecule has 0 aromatic rings. The van der Waals surface area contributed by atoms with Crippen LogP contribution in [0.5, 0.6) is 0 Å². The number of rotatable bonds is 7. The monoisotopic (exact) mass is 302 g/mol. The summed E-state index contributed by atoms with van der Waals surface area (Å²) in [4.78, 5) is 0. The molecule has 5 nitrogen and oxygen atoms in total. The molecule has 3 rings (SSSR count). The van der Waals surface area contributed by atoms with Gasteiger partial charge in [-0.1, -0.05) is 0 Å². The number of nitrogens with one attached hydrogen (secondary N) is 1. The van der Waals surface area contributed by atoms with E-state index in [0.717, 1.165) is 24.7 Å². The number of nitrogens with zero attached hydrogens (tertiary/aromatic N) is 1. The fourth-order valence-corrected chi connectivity index (χ4v) is 4.82. The van der Waals surface area contributed by atoms with Gasteiger partial charge in [-0.25, -0.2) is 4.72 Å². The van der Waals surface area contributed by atoms with Crippen molar-refractivity contribution in [3.8, 4) is 0 Å². The van der Waals surface area contributed by atoms with Crippen LogP contribution in [0.2, 0.25) is 0 Å². The van der Waals surface area contributed by atoms with Gasteiger partial charge in [0.15, 0.2) is 0 Å². The first-order valence-electron chi connectivity index (χ1n) is 7.95. The van der Waals surface area contributed by atoms with Crippen molar-refractivity contribution in [2.24, 2.45) is 23.7 Å². The van der Waals surface area contributed by atoms with E-state index in [1.165, 1.54) is 30.0 Å². The second-order valence-corrected chi connectivity index (χ2v) is 8.50. The van der Waals surface area contributed by atoms with E-state index in [4.69, 9.17) is 0 Å². The minimum absolute atomic E-state index is 0.0821. The van der Waals surface area contributed by atoms with Crippen molar-refractivity contribution in [3.05, 3.63) is 0 Å². The molecular weight excluding hydrogens is 276 g/mol. The molecule has 3 fully saturated rings. The second kappa shape index (κ2) is 5.91. The zero-order valence-electron chi connectivity index (χ0n) is 12.0. The van der Waals surface area contributed by atoms with Crippen LogP contribution in [0.1, 0.15) is 38.5 Å². The summed E-state index contributed by atoms with van der Waals surface area (Å²) in [6.07, 6.45) is 6.88. The zero-order chi connectivity index (χ0) is 14.2. The van der Waals surface area contributed by atoms with E-state index in [9.17, 15) is 13.5 Å². The molecule has 0 aromatic heterocycles. The fraction of sp³-hybridized carbons (Fsp3) is 1.00. The Kier molecular flexibility index (Phi) is 4.36. The van der Waals surface area contributed by atoms with E-state index in [-0.39, 0.29) is 12.5 Å². The van der Waals surface area contributed by atoms with Gasteiger partial charge in [0, 0.05) is 26.2 Å². The maximum atomic E-state index is 12.4. The standard InChI is InChI=1S/C14H26N2O3S/c17-10-11-2-1-7-16(9-11)20(18,19)15-8-14(12-3-4-12)13-5-6-13/h11-15,17H,1-10H2. The summed E-state index contributed by atoms with van der Waals surface area (Å²) >= 11 is 0. The van der Waals surface area contributed by atoms with Gasteiger partial charge in [-0.05, 0) is 62.2 Å². The van der Waals surface area contributed by atoms with Gasteiger partial charge in [0.1, 0.15) is 0 Å². The summed E-state index contributed by atoms with van der Waals surface area (Å²) in [6, 6.07) is 0. The Morgan fingerprint density at radius 2 is 1.80 bits per heavy atom. The molecule has 3 aliphatic rings. The second-order valence-electron chi connectivity index (χ2n) is 6.74. The molecule has 2 saturated carbocycles. The molecular formula is C14H26N2O3S. The first kappa shape index (κ1) is 14.8. The number of hydrogen-bond acceptors (Lipinski definition) is 3. The van der Waals surface area contributed by atoms with Gasteiger partial charge in [-0.2, -0.15) is 12.7 Å². The highest BCUT2D eigenvalue weighted by Crippen LogP contribution is 2.48.